The molecule has 0 bridgehead atoms. The van der Waals surface area contributed by atoms with Gasteiger partial charge in [-0.15, -0.1) is 0 Å². The van der Waals surface area contributed by atoms with E-state index in [0.29, 0.717) is 13.1 Å². The first-order valence-corrected chi connectivity index (χ1v) is 6.85. The summed E-state index contributed by atoms with van der Waals surface area (Å²) in [6.07, 6.45) is 4.24. The number of aryl methyl sites for hydroxylation is 1. The van der Waals surface area contributed by atoms with Gasteiger partial charge < -0.3 is 10.6 Å². The molecule has 112 valence electrons. The van der Waals surface area contributed by atoms with Crippen molar-refractivity contribution in [3.8, 4) is 0 Å². The quantitative estimate of drug-likeness (QED) is 0.855. The number of halogens is 2. The fourth-order valence-corrected chi connectivity index (χ4v) is 1.84. The van der Waals surface area contributed by atoms with E-state index in [1.54, 1.807) is 12.4 Å². The smallest absolute Gasteiger partial charge is 0.168 e. The van der Waals surface area contributed by atoms with Gasteiger partial charge in [-0.3, -0.25) is 4.98 Å². The van der Waals surface area contributed by atoms with E-state index in [-0.39, 0.29) is 11.6 Å². The van der Waals surface area contributed by atoms with E-state index in [0.717, 1.165) is 23.6 Å². The minimum absolute atomic E-state index is 0.0335. The van der Waals surface area contributed by atoms with Crippen LogP contribution in [0, 0.1) is 18.6 Å². The van der Waals surface area contributed by atoms with Crippen LogP contribution >= 0.6 is 0 Å². The number of pyridine rings is 2. The second kappa shape index (κ2) is 6.97. The lowest BCUT2D eigenvalue weighted by atomic mass is 10.1. The Morgan fingerprint density at radius 3 is 2.52 bits per heavy atom. The van der Waals surface area contributed by atoms with E-state index in [1.165, 1.54) is 0 Å². The van der Waals surface area contributed by atoms with Gasteiger partial charge in [0.25, 0.3) is 0 Å². The maximum absolute atomic E-state index is 13.8. The zero-order chi connectivity index (χ0) is 15.2. The molecule has 0 atom stereocenters. The molecule has 2 rings (SSSR count). The summed E-state index contributed by atoms with van der Waals surface area (Å²) in [5, 5.41) is 5.73. The highest BCUT2D eigenvalue weighted by molar-refractivity contribution is 5.48. The summed E-state index contributed by atoms with van der Waals surface area (Å²) >= 11 is 0. The van der Waals surface area contributed by atoms with Crippen LogP contribution in [0.3, 0.4) is 0 Å². The number of rotatable bonds is 6. The number of hydrogen-bond acceptors (Lipinski definition) is 4. The Bertz CT molecular complexity index is 617. The molecule has 4 nitrogen and oxygen atoms in total. The molecule has 0 radical (unpaired) electrons. The third-order valence-electron chi connectivity index (χ3n) is 3.05. The Balaban J connectivity index is 2.14. The van der Waals surface area contributed by atoms with E-state index in [1.807, 2.05) is 19.9 Å². The number of nitrogens with one attached hydrogen (secondary N) is 2. The first-order valence-electron chi connectivity index (χ1n) is 6.85. The highest BCUT2D eigenvalue weighted by Gasteiger charge is 2.11. The topological polar surface area (TPSA) is 49.8 Å². The fraction of sp³-hybridized carbons (Fsp3) is 0.333. The van der Waals surface area contributed by atoms with Gasteiger partial charge in [-0.2, -0.15) is 0 Å². The largest absolute Gasteiger partial charge is 0.368 e. The Morgan fingerprint density at radius 2 is 1.86 bits per heavy atom. The normalized spacial score (nSPS) is 10.5. The van der Waals surface area contributed by atoms with Crippen molar-refractivity contribution in [2.24, 2.45) is 0 Å². The summed E-state index contributed by atoms with van der Waals surface area (Å²) in [6.45, 7) is 4.86. The van der Waals surface area contributed by atoms with Gasteiger partial charge in [-0.05, 0) is 30.5 Å². The van der Waals surface area contributed by atoms with Gasteiger partial charge >= 0.3 is 0 Å². The predicted octanol–water partition coefficient (Wildman–Crippen LogP) is 3.50. The number of anilines is 2. The molecule has 0 aromatic carbocycles. The molecule has 0 saturated heterocycles. The fourth-order valence-electron chi connectivity index (χ4n) is 1.84. The minimum atomic E-state index is -0.707. The molecular formula is C15H18F2N4. The maximum atomic E-state index is 13.8. The van der Waals surface area contributed by atoms with Crippen LogP contribution < -0.4 is 10.6 Å². The van der Waals surface area contributed by atoms with Crippen molar-refractivity contribution in [1.82, 2.24) is 9.97 Å². The molecule has 0 fully saturated rings. The molecular weight excluding hydrogens is 274 g/mol. The Kier molecular flexibility index (Phi) is 5.03. The van der Waals surface area contributed by atoms with E-state index in [9.17, 15) is 8.78 Å². The molecule has 0 aliphatic carbocycles. The van der Waals surface area contributed by atoms with Crippen molar-refractivity contribution in [2.75, 3.05) is 17.2 Å². The Morgan fingerprint density at radius 1 is 1.14 bits per heavy atom. The molecule has 2 N–H and O–H groups in total. The van der Waals surface area contributed by atoms with Crippen molar-refractivity contribution in [3.05, 3.63) is 47.3 Å². The van der Waals surface area contributed by atoms with Crippen molar-refractivity contribution in [3.63, 3.8) is 0 Å². The SMILES string of the molecule is CCCNc1nc(NCc2ccncc2C)c(F)cc1F. The molecule has 6 heteroatoms. The van der Waals surface area contributed by atoms with Gasteiger partial charge in [0.2, 0.25) is 0 Å². The summed E-state index contributed by atoms with van der Waals surface area (Å²) in [5.74, 6) is -1.30. The zero-order valence-corrected chi connectivity index (χ0v) is 12.1. The average Bonchev–Trinajstić information content (AvgIpc) is 2.47. The number of hydrogen-bond donors (Lipinski definition) is 2. The van der Waals surface area contributed by atoms with E-state index in [2.05, 4.69) is 20.6 Å². The van der Waals surface area contributed by atoms with Crippen LogP contribution in [0.4, 0.5) is 20.4 Å². The number of aromatic nitrogens is 2. The van der Waals surface area contributed by atoms with Gasteiger partial charge in [0.15, 0.2) is 23.3 Å². The Hall–Kier alpha value is -2.24. The highest BCUT2D eigenvalue weighted by atomic mass is 19.1. The molecule has 0 amide bonds. The maximum Gasteiger partial charge on any atom is 0.168 e. The summed E-state index contributed by atoms with van der Waals surface area (Å²) in [6, 6.07) is 2.69. The summed E-state index contributed by atoms with van der Waals surface area (Å²) in [5.41, 5.74) is 1.98. The minimum Gasteiger partial charge on any atom is -0.368 e. The van der Waals surface area contributed by atoms with Gasteiger partial charge in [0.1, 0.15) is 0 Å². The lowest BCUT2D eigenvalue weighted by Gasteiger charge is -2.11. The summed E-state index contributed by atoms with van der Waals surface area (Å²) in [4.78, 5) is 7.97. The molecule has 0 aliphatic heterocycles. The van der Waals surface area contributed by atoms with Crippen LogP contribution in [0.15, 0.2) is 24.5 Å². The van der Waals surface area contributed by atoms with Gasteiger partial charge in [-0.25, -0.2) is 13.8 Å². The van der Waals surface area contributed by atoms with Gasteiger partial charge in [0, 0.05) is 31.5 Å². The Labute approximate surface area is 122 Å². The molecule has 0 aliphatic rings. The van der Waals surface area contributed by atoms with Crippen LogP contribution in [-0.2, 0) is 6.54 Å². The standard InChI is InChI=1S/C15H18F2N4/c1-3-5-19-14-12(16)7-13(17)15(21-14)20-9-11-4-6-18-8-10(11)2/h4,6-8H,3,5,9H2,1-2H3,(H2,19,20,21). The molecule has 21 heavy (non-hydrogen) atoms. The van der Waals surface area contributed by atoms with Crippen molar-refractivity contribution in [1.29, 1.82) is 0 Å². The monoisotopic (exact) mass is 292 g/mol. The van der Waals surface area contributed by atoms with Gasteiger partial charge in [0.05, 0.1) is 0 Å². The average molecular weight is 292 g/mol. The van der Waals surface area contributed by atoms with Crippen molar-refractivity contribution < 1.29 is 8.78 Å². The highest BCUT2D eigenvalue weighted by Crippen LogP contribution is 2.20. The van der Waals surface area contributed by atoms with Crippen LogP contribution in [0.1, 0.15) is 24.5 Å². The second-order valence-corrected chi connectivity index (χ2v) is 4.73. The van der Waals surface area contributed by atoms with Crippen LogP contribution in [0.25, 0.3) is 0 Å². The number of nitrogens with zero attached hydrogens (tertiary/aromatic N) is 2. The molecule has 0 unspecified atom stereocenters. The molecule has 0 spiro atoms. The molecule has 0 saturated carbocycles. The lowest BCUT2D eigenvalue weighted by molar-refractivity contribution is 0.577. The third kappa shape index (κ3) is 3.87. The first-order chi connectivity index (χ1) is 10.1. The third-order valence-corrected chi connectivity index (χ3v) is 3.05. The van der Waals surface area contributed by atoms with Crippen molar-refractivity contribution >= 4 is 11.6 Å². The first kappa shape index (κ1) is 15.2. The summed E-state index contributed by atoms with van der Waals surface area (Å²) in [7, 11) is 0. The van der Waals surface area contributed by atoms with E-state index < -0.39 is 11.6 Å². The van der Waals surface area contributed by atoms with Crippen LogP contribution in [0.2, 0.25) is 0 Å². The van der Waals surface area contributed by atoms with Crippen LogP contribution in [-0.4, -0.2) is 16.5 Å². The summed E-state index contributed by atoms with van der Waals surface area (Å²) < 4.78 is 27.3. The molecule has 2 aromatic heterocycles. The van der Waals surface area contributed by atoms with E-state index in [4.69, 9.17) is 0 Å². The predicted molar refractivity (Wildman–Crippen MR) is 79.2 cm³/mol. The van der Waals surface area contributed by atoms with Crippen molar-refractivity contribution in [2.45, 2.75) is 26.8 Å². The van der Waals surface area contributed by atoms with Crippen LogP contribution in [0.5, 0.6) is 0 Å². The second-order valence-electron chi connectivity index (χ2n) is 4.73. The van der Waals surface area contributed by atoms with E-state index >= 15 is 0 Å². The lowest BCUT2D eigenvalue weighted by Crippen LogP contribution is -2.10. The molecule has 2 aromatic rings. The zero-order valence-electron chi connectivity index (χ0n) is 12.1. The van der Waals surface area contributed by atoms with Gasteiger partial charge in [-0.1, -0.05) is 6.92 Å². The molecule has 2 heterocycles.